The van der Waals surface area contributed by atoms with Gasteiger partial charge in [0.15, 0.2) is 0 Å². The van der Waals surface area contributed by atoms with E-state index in [2.05, 4.69) is 0 Å². The predicted molar refractivity (Wildman–Crippen MR) is 108 cm³/mol. The second kappa shape index (κ2) is 8.17. The van der Waals surface area contributed by atoms with Crippen molar-refractivity contribution in [3.8, 4) is 0 Å². The number of anilines is 1. The molecule has 0 aliphatic rings. The number of nitrogens with two attached hydrogens (primary N) is 1. The van der Waals surface area contributed by atoms with Crippen LogP contribution in [0.1, 0.15) is 40.7 Å². The average molecular weight is 379 g/mol. The fourth-order valence-corrected chi connectivity index (χ4v) is 3.55. The number of aryl methyl sites for hydroxylation is 1. The topological polar surface area (TPSA) is 95.2 Å². The molecule has 0 aliphatic heterocycles. The van der Waals surface area contributed by atoms with E-state index in [0.29, 0.717) is 23.8 Å². The van der Waals surface area contributed by atoms with Crippen LogP contribution >= 0.6 is 0 Å². The van der Waals surface area contributed by atoms with Crippen molar-refractivity contribution >= 4 is 11.7 Å². The number of hydrogen-bond acceptors (Lipinski definition) is 3. The molecule has 0 radical (unpaired) electrons. The third-order valence-corrected chi connectivity index (χ3v) is 5.21. The molecule has 3 N–H and O–H groups in total. The van der Waals surface area contributed by atoms with E-state index in [1.54, 1.807) is 31.2 Å². The van der Waals surface area contributed by atoms with E-state index in [0.717, 1.165) is 22.4 Å². The zero-order valence-electron chi connectivity index (χ0n) is 16.1. The van der Waals surface area contributed by atoms with Crippen LogP contribution in [0.2, 0.25) is 0 Å². The molecule has 0 saturated carbocycles. The number of imidazole rings is 1. The normalized spacial score (nSPS) is 12.1. The molecule has 1 aromatic heterocycles. The summed E-state index contributed by atoms with van der Waals surface area (Å²) in [7, 11) is 0. The Morgan fingerprint density at radius 3 is 2.39 bits per heavy atom. The number of nitrogen functional groups attached to an aromatic ring is 1. The standard InChI is InChI=1S/C22H25N3O3/c1-15-16(2)25(28)22(24(15)13-12-17-6-4-3-5-7-17)20(14-21(26)27)18-8-10-19(23)11-9-18/h3-11,20H,12-14,23H2,1-2H3,(H,26,27). The van der Waals surface area contributed by atoms with Gasteiger partial charge in [-0.1, -0.05) is 42.5 Å². The van der Waals surface area contributed by atoms with E-state index < -0.39 is 11.9 Å². The number of aromatic nitrogens is 2. The number of carboxylic acids is 1. The zero-order valence-corrected chi connectivity index (χ0v) is 16.1. The maximum absolute atomic E-state index is 13.0. The molecule has 28 heavy (non-hydrogen) atoms. The quantitative estimate of drug-likeness (QED) is 0.374. The Bertz CT molecular complexity index is 963. The van der Waals surface area contributed by atoms with Gasteiger partial charge >= 0.3 is 5.97 Å². The Balaban J connectivity index is 2.04. The van der Waals surface area contributed by atoms with Gasteiger partial charge in [0.2, 0.25) is 0 Å². The third-order valence-electron chi connectivity index (χ3n) is 5.21. The summed E-state index contributed by atoms with van der Waals surface area (Å²) in [5.41, 5.74) is 9.75. The molecule has 0 spiro atoms. The zero-order chi connectivity index (χ0) is 20.3. The lowest BCUT2D eigenvalue weighted by atomic mass is 9.94. The summed E-state index contributed by atoms with van der Waals surface area (Å²) in [5, 5.41) is 22.4. The molecule has 1 heterocycles. The largest absolute Gasteiger partial charge is 0.711 e. The van der Waals surface area contributed by atoms with Gasteiger partial charge in [0.05, 0.1) is 18.9 Å². The Kier molecular flexibility index (Phi) is 5.68. The van der Waals surface area contributed by atoms with Crippen molar-refractivity contribution in [2.24, 2.45) is 0 Å². The average Bonchev–Trinajstić information content (AvgIpc) is 2.89. The van der Waals surface area contributed by atoms with Gasteiger partial charge in [-0.15, -0.1) is 0 Å². The summed E-state index contributed by atoms with van der Waals surface area (Å²) >= 11 is 0. The summed E-state index contributed by atoms with van der Waals surface area (Å²) in [4.78, 5) is 11.6. The van der Waals surface area contributed by atoms with Crippen LogP contribution < -0.4 is 10.5 Å². The van der Waals surface area contributed by atoms with Gasteiger partial charge in [0, 0.05) is 26.0 Å². The molecule has 6 nitrogen and oxygen atoms in total. The highest BCUT2D eigenvalue weighted by Gasteiger charge is 2.32. The Morgan fingerprint density at radius 2 is 1.79 bits per heavy atom. The van der Waals surface area contributed by atoms with Gasteiger partial charge < -0.3 is 16.0 Å². The van der Waals surface area contributed by atoms with E-state index in [-0.39, 0.29) is 6.42 Å². The Morgan fingerprint density at radius 1 is 1.14 bits per heavy atom. The number of hydrogen-bond donors (Lipinski definition) is 2. The van der Waals surface area contributed by atoms with Gasteiger partial charge in [-0.25, -0.2) is 9.30 Å². The summed E-state index contributed by atoms with van der Waals surface area (Å²) in [6.07, 6.45) is 0.588. The lowest BCUT2D eigenvalue weighted by Crippen LogP contribution is -2.36. The minimum atomic E-state index is -0.951. The van der Waals surface area contributed by atoms with Gasteiger partial charge in [-0.05, 0) is 23.3 Å². The van der Waals surface area contributed by atoms with Gasteiger partial charge in [-0.3, -0.25) is 4.79 Å². The molecule has 0 amide bonds. The summed E-state index contributed by atoms with van der Waals surface area (Å²) in [6.45, 7) is 4.27. The Labute approximate surface area is 164 Å². The number of carboxylic acid groups (broad SMARTS) is 1. The van der Waals surface area contributed by atoms with Crippen LogP contribution in [-0.4, -0.2) is 15.6 Å². The molecule has 3 rings (SSSR count). The van der Waals surface area contributed by atoms with Crippen LogP contribution in [-0.2, 0) is 17.8 Å². The Hall–Kier alpha value is -3.28. The highest BCUT2D eigenvalue weighted by Crippen LogP contribution is 2.29. The summed E-state index contributed by atoms with van der Waals surface area (Å²) < 4.78 is 2.84. The fourth-order valence-electron chi connectivity index (χ4n) is 3.55. The first-order valence-electron chi connectivity index (χ1n) is 9.28. The predicted octanol–water partition coefficient (Wildman–Crippen LogP) is 3.17. The first-order chi connectivity index (χ1) is 13.4. The minimum absolute atomic E-state index is 0.166. The van der Waals surface area contributed by atoms with E-state index >= 15 is 0 Å². The summed E-state index contributed by atoms with van der Waals surface area (Å²) in [5.74, 6) is -1.05. The lowest BCUT2D eigenvalue weighted by Gasteiger charge is -2.17. The monoisotopic (exact) mass is 379 g/mol. The molecule has 2 aromatic carbocycles. The highest BCUT2D eigenvalue weighted by atomic mass is 16.5. The molecular formula is C22H25N3O3. The van der Waals surface area contributed by atoms with E-state index in [4.69, 9.17) is 5.73 Å². The first kappa shape index (κ1) is 19.5. The maximum Gasteiger partial charge on any atom is 0.304 e. The van der Waals surface area contributed by atoms with Crippen LogP contribution in [0.5, 0.6) is 0 Å². The lowest BCUT2D eigenvalue weighted by molar-refractivity contribution is -0.621. The number of rotatable bonds is 7. The van der Waals surface area contributed by atoms with Crippen molar-refractivity contribution in [3.05, 3.63) is 88.1 Å². The molecule has 3 aromatic rings. The molecule has 146 valence electrons. The molecule has 6 heteroatoms. The van der Waals surface area contributed by atoms with Crippen LogP contribution in [0.25, 0.3) is 0 Å². The highest BCUT2D eigenvalue weighted by molar-refractivity contribution is 5.68. The van der Waals surface area contributed by atoms with Crippen molar-refractivity contribution in [1.29, 1.82) is 0 Å². The third kappa shape index (κ3) is 4.01. The molecule has 0 aliphatic carbocycles. The van der Waals surface area contributed by atoms with Crippen LogP contribution in [0.4, 0.5) is 5.69 Å². The smallest absolute Gasteiger partial charge is 0.304 e. The van der Waals surface area contributed by atoms with Crippen molar-refractivity contribution in [2.45, 2.75) is 39.2 Å². The van der Waals surface area contributed by atoms with E-state index in [1.807, 2.05) is 41.8 Å². The van der Waals surface area contributed by atoms with E-state index in [1.165, 1.54) is 5.56 Å². The molecular weight excluding hydrogens is 354 g/mol. The van der Waals surface area contributed by atoms with Gasteiger partial charge in [-0.2, -0.15) is 0 Å². The molecule has 0 saturated heterocycles. The SMILES string of the molecule is Cc1c(C)[n+]([O-])c(C(CC(=O)O)c2ccc(N)cc2)n1CCc1ccccc1. The second-order valence-corrected chi connectivity index (χ2v) is 7.03. The molecule has 0 bridgehead atoms. The van der Waals surface area contributed by atoms with Gasteiger partial charge in [0.25, 0.3) is 5.82 Å². The first-order valence-corrected chi connectivity index (χ1v) is 9.28. The van der Waals surface area contributed by atoms with Crippen LogP contribution in [0.3, 0.4) is 0 Å². The number of nitrogens with zero attached hydrogens (tertiary/aromatic N) is 2. The number of carbonyl (C=O) groups is 1. The molecule has 1 atom stereocenters. The van der Waals surface area contributed by atoms with Crippen molar-refractivity contribution in [1.82, 2.24) is 4.57 Å². The van der Waals surface area contributed by atoms with Crippen molar-refractivity contribution in [3.63, 3.8) is 0 Å². The molecule has 1 unspecified atom stereocenters. The fraction of sp³-hybridized carbons (Fsp3) is 0.273. The van der Waals surface area contributed by atoms with Crippen molar-refractivity contribution < 1.29 is 14.6 Å². The van der Waals surface area contributed by atoms with Gasteiger partial charge in [0.1, 0.15) is 11.4 Å². The number of aliphatic carboxylic acids is 1. The number of benzene rings is 2. The summed E-state index contributed by atoms with van der Waals surface area (Å²) in [6, 6.07) is 17.1. The van der Waals surface area contributed by atoms with Crippen molar-refractivity contribution in [2.75, 3.05) is 5.73 Å². The second-order valence-electron chi connectivity index (χ2n) is 7.03. The van der Waals surface area contributed by atoms with Crippen LogP contribution in [0.15, 0.2) is 54.6 Å². The maximum atomic E-state index is 13.0. The molecule has 0 fully saturated rings. The van der Waals surface area contributed by atoms with E-state index in [9.17, 15) is 15.1 Å². The van der Waals surface area contributed by atoms with Crippen LogP contribution in [0, 0.1) is 19.1 Å². The minimum Gasteiger partial charge on any atom is -0.711 e.